The van der Waals surface area contributed by atoms with E-state index in [2.05, 4.69) is 22.4 Å². The van der Waals surface area contributed by atoms with Gasteiger partial charge in [-0.15, -0.1) is 0 Å². The van der Waals surface area contributed by atoms with Gasteiger partial charge in [0.1, 0.15) is 5.75 Å². The number of urea groups is 1. The second-order valence-electron chi connectivity index (χ2n) is 6.54. The smallest absolute Gasteiger partial charge is 0.317 e. The molecule has 2 aromatic rings. The predicted octanol–water partition coefficient (Wildman–Crippen LogP) is 3.02. The summed E-state index contributed by atoms with van der Waals surface area (Å²) in [6.45, 7) is 5.93. The number of hydrogen-bond donors (Lipinski definition) is 1. The highest BCUT2D eigenvalue weighted by atomic mass is 16.5. The van der Waals surface area contributed by atoms with Crippen molar-refractivity contribution in [2.24, 2.45) is 0 Å². The number of amides is 2. The van der Waals surface area contributed by atoms with E-state index in [4.69, 9.17) is 4.74 Å². The van der Waals surface area contributed by atoms with E-state index in [1.807, 2.05) is 36.9 Å². The Bertz CT molecular complexity index is 753. The van der Waals surface area contributed by atoms with Crippen LogP contribution in [0, 0.1) is 13.8 Å². The van der Waals surface area contributed by atoms with Gasteiger partial charge in [0, 0.05) is 31.0 Å². The SMILES string of the molecule is COc1ccc2c(c1)CCN(C(=O)NCc1cc(C)nc(C)c1)CC2. The summed E-state index contributed by atoms with van der Waals surface area (Å²) in [5.41, 5.74) is 5.61. The monoisotopic (exact) mass is 339 g/mol. The Hall–Kier alpha value is -2.56. The number of hydrogen-bond acceptors (Lipinski definition) is 3. The minimum atomic E-state index is -0.00751. The van der Waals surface area contributed by atoms with Crippen molar-refractivity contribution >= 4 is 6.03 Å². The molecule has 0 fully saturated rings. The molecular weight excluding hydrogens is 314 g/mol. The van der Waals surface area contributed by atoms with Crippen molar-refractivity contribution in [1.29, 1.82) is 0 Å². The number of pyridine rings is 1. The van der Waals surface area contributed by atoms with Crippen LogP contribution in [0.25, 0.3) is 0 Å². The van der Waals surface area contributed by atoms with Crippen LogP contribution < -0.4 is 10.1 Å². The normalized spacial score (nSPS) is 13.8. The molecular formula is C20H25N3O2. The first kappa shape index (κ1) is 17.3. The molecule has 0 unspecified atom stereocenters. The number of nitrogens with zero attached hydrogens (tertiary/aromatic N) is 2. The number of methoxy groups -OCH3 is 1. The van der Waals surface area contributed by atoms with Crippen molar-refractivity contribution in [1.82, 2.24) is 15.2 Å². The van der Waals surface area contributed by atoms with Crippen molar-refractivity contribution in [2.45, 2.75) is 33.2 Å². The molecule has 1 aliphatic heterocycles. The summed E-state index contributed by atoms with van der Waals surface area (Å²) in [5.74, 6) is 0.875. The van der Waals surface area contributed by atoms with Crippen molar-refractivity contribution in [3.8, 4) is 5.75 Å². The van der Waals surface area contributed by atoms with E-state index in [1.165, 1.54) is 11.1 Å². The molecule has 25 heavy (non-hydrogen) atoms. The molecule has 1 N–H and O–H groups in total. The van der Waals surface area contributed by atoms with Crippen LogP contribution in [0.4, 0.5) is 4.79 Å². The molecule has 0 aliphatic carbocycles. The molecule has 5 heteroatoms. The average Bonchev–Trinajstić information content (AvgIpc) is 2.80. The summed E-state index contributed by atoms with van der Waals surface area (Å²) in [4.78, 5) is 18.8. The van der Waals surface area contributed by atoms with Crippen LogP contribution >= 0.6 is 0 Å². The summed E-state index contributed by atoms with van der Waals surface area (Å²) in [5, 5.41) is 3.03. The summed E-state index contributed by atoms with van der Waals surface area (Å²) in [7, 11) is 1.68. The lowest BCUT2D eigenvalue weighted by atomic mass is 10.0. The van der Waals surface area contributed by atoms with Gasteiger partial charge in [-0.25, -0.2) is 4.79 Å². The quantitative estimate of drug-likeness (QED) is 0.935. The first-order chi connectivity index (χ1) is 12.0. The van der Waals surface area contributed by atoms with Crippen LogP contribution in [-0.4, -0.2) is 36.1 Å². The standard InChI is InChI=1S/C20H25N3O2/c1-14-10-16(11-15(2)22-14)13-21-20(24)23-8-6-17-4-5-19(25-3)12-18(17)7-9-23/h4-5,10-12H,6-9,13H2,1-3H3,(H,21,24). The third-order valence-corrected chi connectivity index (χ3v) is 4.59. The van der Waals surface area contributed by atoms with Gasteiger partial charge in [0.05, 0.1) is 7.11 Å². The number of benzene rings is 1. The third kappa shape index (κ3) is 4.29. The van der Waals surface area contributed by atoms with Crippen LogP contribution in [-0.2, 0) is 19.4 Å². The molecule has 2 amide bonds. The fourth-order valence-electron chi connectivity index (χ4n) is 3.34. The molecule has 0 spiro atoms. The summed E-state index contributed by atoms with van der Waals surface area (Å²) in [6.07, 6.45) is 1.73. The number of fused-ring (bicyclic) bond motifs is 1. The number of ether oxygens (including phenoxy) is 1. The van der Waals surface area contributed by atoms with E-state index >= 15 is 0 Å². The van der Waals surface area contributed by atoms with E-state index in [9.17, 15) is 4.79 Å². The lowest BCUT2D eigenvalue weighted by Crippen LogP contribution is -2.41. The fraction of sp³-hybridized carbons (Fsp3) is 0.400. The van der Waals surface area contributed by atoms with E-state index < -0.39 is 0 Å². The predicted molar refractivity (Wildman–Crippen MR) is 97.9 cm³/mol. The van der Waals surface area contributed by atoms with Crippen molar-refractivity contribution in [3.63, 3.8) is 0 Å². The summed E-state index contributed by atoms with van der Waals surface area (Å²) >= 11 is 0. The number of nitrogens with one attached hydrogen (secondary N) is 1. The van der Waals surface area contributed by atoms with E-state index in [0.717, 1.165) is 48.6 Å². The maximum absolute atomic E-state index is 12.5. The first-order valence-electron chi connectivity index (χ1n) is 8.68. The van der Waals surface area contributed by atoms with Gasteiger partial charge < -0.3 is 15.0 Å². The minimum absolute atomic E-state index is 0.00751. The molecule has 1 aromatic carbocycles. The zero-order valence-corrected chi connectivity index (χ0v) is 15.1. The highest BCUT2D eigenvalue weighted by molar-refractivity contribution is 5.74. The van der Waals surface area contributed by atoms with Gasteiger partial charge in [-0.05, 0) is 67.6 Å². The summed E-state index contributed by atoms with van der Waals surface area (Å²) < 4.78 is 5.30. The van der Waals surface area contributed by atoms with E-state index in [-0.39, 0.29) is 6.03 Å². The lowest BCUT2D eigenvalue weighted by molar-refractivity contribution is 0.200. The van der Waals surface area contributed by atoms with Gasteiger partial charge in [-0.3, -0.25) is 4.98 Å². The number of aryl methyl sites for hydroxylation is 2. The molecule has 1 aliphatic rings. The van der Waals surface area contributed by atoms with E-state index in [1.54, 1.807) is 7.11 Å². The number of carbonyl (C=O) groups excluding carboxylic acids is 1. The van der Waals surface area contributed by atoms with Gasteiger partial charge in [0.25, 0.3) is 0 Å². The molecule has 0 saturated carbocycles. The van der Waals surface area contributed by atoms with Crippen LogP contribution in [0.15, 0.2) is 30.3 Å². The van der Waals surface area contributed by atoms with Gasteiger partial charge in [-0.2, -0.15) is 0 Å². The Kier molecular flexibility index (Phi) is 5.22. The molecule has 0 bridgehead atoms. The second-order valence-corrected chi connectivity index (χ2v) is 6.54. The van der Waals surface area contributed by atoms with Crippen molar-refractivity contribution < 1.29 is 9.53 Å². The van der Waals surface area contributed by atoms with Crippen molar-refractivity contribution in [3.05, 3.63) is 58.4 Å². The molecule has 0 saturated heterocycles. The molecule has 1 aromatic heterocycles. The molecule has 132 valence electrons. The Morgan fingerprint density at radius 1 is 1.12 bits per heavy atom. The lowest BCUT2D eigenvalue weighted by Gasteiger charge is -2.21. The molecule has 0 atom stereocenters. The molecule has 5 nitrogen and oxygen atoms in total. The topological polar surface area (TPSA) is 54.5 Å². The van der Waals surface area contributed by atoms with Gasteiger partial charge >= 0.3 is 6.03 Å². The number of carbonyl (C=O) groups is 1. The summed E-state index contributed by atoms with van der Waals surface area (Å²) in [6, 6.07) is 10.2. The molecule has 0 radical (unpaired) electrons. The van der Waals surface area contributed by atoms with Crippen LogP contribution in [0.5, 0.6) is 5.75 Å². The average molecular weight is 339 g/mol. The largest absolute Gasteiger partial charge is 0.497 e. The maximum Gasteiger partial charge on any atom is 0.317 e. The van der Waals surface area contributed by atoms with Gasteiger partial charge in [0.2, 0.25) is 0 Å². The van der Waals surface area contributed by atoms with Gasteiger partial charge in [-0.1, -0.05) is 6.07 Å². The zero-order chi connectivity index (χ0) is 17.8. The maximum atomic E-state index is 12.5. The minimum Gasteiger partial charge on any atom is -0.497 e. The zero-order valence-electron chi connectivity index (χ0n) is 15.1. The number of aromatic nitrogens is 1. The fourth-order valence-corrected chi connectivity index (χ4v) is 3.34. The Morgan fingerprint density at radius 3 is 2.48 bits per heavy atom. The van der Waals surface area contributed by atoms with Crippen LogP contribution in [0.1, 0.15) is 28.1 Å². The molecule has 3 rings (SSSR count). The number of rotatable bonds is 3. The highest BCUT2D eigenvalue weighted by Gasteiger charge is 2.18. The Balaban J connectivity index is 1.60. The van der Waals surface area contributed by atoms with Gasteiger partial charge in [0.15, 0.2) is 0 Å². The molecule has 2 heterocycles. The van der Waals surface area contributed by atoms with Crippen molar-refractivity contribution in [2.75, 3.05) is 20.2 Å². The third-order valence-electron chi connectivity index (χ3n) is 4.59. The van der Waals surface area contributed by atoms with Crippen LogP contribution in [0.2, 0.25) is 0 Å². The first-order valence-corrected chi connectivity index (χ1v) is 8.68. The van der Waals surface area contributed by atoms with E-state index in [0.29, 0.717) is 6.54 Å². The Labute approximate surface area is 149 Å². The van der Waals surface area contributed by atoms with Crippen LogP contribution in [0.3, 0.4) is 0 Å². The Morgan fingerprint density at radius 2 is 1.80 bits per heavy atom. The second kappa shape index (κ2) is 7.55. The highest BCUT2D eigenvalue weighted by Crippen LogP contribution is 2.21.